The van der Waals surface area contributed by atoms with E-state index in [0.29, 0.717) is 0 Å². The molecule has 5 heteroatoms. The van der Waals surface area contributed by atoms with E-state index in [4.69, 9.17) is 0 Å². The number of fused-ring (bicyclic) bond motifs is 1. The third-order valence-corrected chi connectivity index (χ3v) is 6.80. The second-order valence-electron chi connectivity index (χ2n) is 5.88. The van der Waals surface area contributed by atoms with Crippen molar-refractivity contribution in [3.63, 3.8) is 0 Å². The summed E-state index contributed by atoms with van der Waals surface area (Å²) in [4.78, 5) is 0. The predicted molar refractivity (Wildman–Crippen MR) is 70.4 cm³/mol. The zero-order valence-corrected chi connectivity index (χ0v) is 16.8. The summed E-state index contributed by atoms with van der Waals surface area (Å²) in [6.45, 7) is 12.1. The molecule has 1 aliphatic rings. The summed E-state index contributed by atoms with van der Waals surface area (Å²) in [5.41, 5.74) is 6.99. The van der Waals surface area contributed by atoms with Gasteiger partial charge in [-0.15, -0.1) is 0 Å². The van der Waals surface area contributed by atoms with Crippen LogP contribution in [0.5, 0.6) is 0 Å². The monoisotopic (exact) mass is 368 g/mol. The molecule has 0 saturated carbocycles. The van der Waals surface area contributed by atoms with Crippen molar-refractivity contribution in [2.75, 3.05) is 0 Å². The minimum absolute atomic E-state index is 0. The quantitative estimate of drug-likeness (QED) is 0.434. The Bertz CT molecular complexity index is 478. The standard InChI is InChI=1S/C14H19Si.3ClH.Ti/c1-10-11(2)14(15(3,4)5)13-9-7-6-8-12(10)13;;;;/h6-7,9,14H,1-5H3;3*1H;/q;;;;+3/p-3. The van der Waals surface area contributed by atoms with Crippen molar-refractivity contribution in [1.82, 2.24) is 0 Å². The Kier molecular flexibility index (Phi) is 8.91. The van der Waals surface area contributed by atoms with Gasteiger partial charge in [0.25, 0.3) is 0 Å². The van der Waals surface area contributed by atoms with Crippen LogP contribution in [0, 0.1) is 0 Å². The summed E-state index contributed by atoms with van der Waals surface area (Å²) in [5, 5.41) is 0. The van der Waals surface area contributed by atoms with Crippen LogP contribution in [-0.4, -0.2) is 8.07 Å². The first-order valence-corrected chi connectivity index (χ1v) is 10.2. The summed E-state index contributed by atoms with van der Waals surface area (Å²) in [6, 6.07) is 6.79. The van der Waals surface area contributed by atoms with Crippen LogP contribution in [0.1, 0.15) is 30.5 Å². The molecule has 0 nitrogen and oxygen atoms in total. The molecule has 0 radical (unpaired) electrons. The summed E-state index contributed by atoms with van der Waals surface area (Å²) in [7, 11) is -1.16. The third-order valence-electron chi connectivity index (χ3n) is 3.67. The van der Waals surface area contributed by atoms with Gasteiger partial charge in [0, 0.05) is 0 Å². The molecule has 1 aromatic rings. The van der Waals surface area contributed by atoms with E-state index in [2.05, 4.69) is 72.1 Å². The van der Waals surface area contributed by atoms with Gasteiger partial charge in [-0.2, -0.15) is 0 Å². The van der Waals surface area contributed by atoms with Crippen molar-refractivity contribution in [2.45, 2.75) is 39.0 Å². The van der Waals surface area contributed by atoms with Gasteiger partial charge in [0.1, 0.15) is 0 Å². The van der Waals surface area contributed by atoms with Gasteiger partial charge in [-0.05, 0) is 0 Å². The minimum Gasteiger partial charge on any atom is -1.00 e. The molecule has 104 valence electrons. The number of benzene rings is 1. The van der Waals surface area contributed by atoms with Gasteiger partial charge >= 0.3 is 112 Å². The van der Waals surface area contributed by atoms with E-state index in [9.17, 15) is 0 Å². The number of hydrogen-bond donors (Lipinski definition) is 0. The van der Waals surface area contributed by atoms with Crippen LogP contribution in [0.4, 0.5) is 0 Å². The van der Waals surface area contributed by atoms with E-state index in [1.807, 2.05) is 0 Å². The molecule has 0 fully saturated rings. The summed E-state index contributed by atoms with van der Waals surface area (Å²) < 4.78 is 1.44. The Morgan fingerprint density at radius 3 is 2.00 bits per heavy atom. The molecule has 0 bridgehead atoms. The average Bonchev–Trinajstić information content (AvgIpc) is 2.39. The molecule has 1 aliphatic carbocycles. The summed E-state index contributed by atoms with van der Waals surface area (Å²) in [6.07, 6.45) is 0. The molecular weight excluding hydrogens is 350 g/mol. The smallest absolute Gasteiger partial charge is 1.00 e. The van der Waals surface area contributed by atoms with Gasteiger partial charge in [-0.1, -0.05) is 0 Å². The van der Waals surface area contributed by atoms with Crippen molar-refractivity contribution >= 4 is 17.5 Å². The molecule has 0 spiro atoms. The van der Waals surface area contributed by atoms with Gasteiger partial charge < -0.3 is 37.2 Å². The first kappa shape index (κ1) is 22.0. The molecule has 0 amide bonds. The van der Waals surface area contributed by atoms with Gasteiger partial charge in [0.05, 0.1) is 0 Å². The van der Waals surface area contributed by atoms with Crippen LogP contribution >= 0.6 is 0 Å². The van der Waals surface area contributed by atoms with Gasteiger partial charge in [0.15, 0.2) is 0 Å². The van der Waals surface area contributed by atoms with Gasteiger partial charge in [0.2, 0.25) is 0 Å². The Hall–Kier alpha value is 0.761. The van der Waals surface area contributed by atoms with E-state index < -0.39 is 8.07 Å². The average molecular weight is 370 g/mol. The van der Waals surface area contributed by atoms with Crippen molar-refractivity contribution in [3.05, 3.63) is 34.9 Å². The maximum atomic E-state index is 2.48. The fraction of sp³-hybridized carbons (Fsp3) is 0.429. The molecule has 1 aromatic carbocycles. The first-order valence-electron chi connectivity index (χ1n) is 5.86. The van der Waals surface area contributed by atoms with Crippen molar-refractivity contribution in [2.24, 2.45) is 0 Å². The van der Waals surface area contributed by atoms with E-state index in [-0.39, 0.29) is 37.2 Å². The van der Waals surface area contributed by atoms with E-state index in [0.717, 1.165) is 5.54 Å². The Morgan fingerprint density at radius 2 is 1.53 bits per heavy atom. The van der Waals surface area contributed by atoms with Crippen LogP contribution in [0.3, 0.4) is 0 Å². The Balaban J connectivity index is 0. The minimum atomic E-state index is -1.16. The molecule has 1 atom stereocenters. The zero-order chi connectivity index (χ0) is 12.1. The van der Waals surface area contributed by atoms with Gasteiger partial charge in [-0.25, -0.2) is 0 Å². The Labute approximate surface area is 148 Å². The van der Waals surface area contributed by atoms with E-state index >= 15 is 0 Å². The number of halogens is 3. The van der Waals surface area contributed by atoms with E-state index in [1.54, 1.807) is 11.1 Å². The SMILES string of the molecule is CC1=C(C)C([Si](C)(C)C)c2ccc[c]([Ti+3])c21.[Cl-].[Cl-].[Cl-]. The second-order valence-corrected chi connectivity index (χ2v) is 12.0. The fourth-order valence-electron chi connectivity index (χ4n) is 2.99. The van der Waals surface area contributed by atoms with Gasteiger partial charge in [-0.3, -0.25) is 0 Å². The van der Waals surface area contributed by atoms with Crippen LogP contribution < -0.4 is 41.1 Å². The van der Waals surface area contributed by atoms with Crippen molar-refractivity contribution < 1.29 is 57.7 Å². The summed E-state index contributed by atoms with van der Waals surface area (Å²) in [5.74, 6) is 0. The second kappa shape index (κ2) is 7.68. The van der Waals surface area contributed by atoms with Crippen molar-refractivity contribution in [3.8, 4) is 0 Å². The molecule has 2 rings (SSSR count). The Morgan fingerprint density at radius 1 is 1.00 bits per heavy atom. The van der Waals surface area contributed by atoms with Crippen LogP contribution in [-0.2, 0) is 20.4 Å². The molecule has 19 heavy (non-hydrogen) atoms. The molecule has 0 N–H and O–H groups in total. The molecule has 0 aliphatic heterocycles. The fourth-order valence-corrected chi connectivity index (χ4v) is 6.35. The molecule has 0 aromatic heterocycles. The topological polar surface area (TPSA) is 0 Å². The number of rotatable bonds is 1. The van der Waals surface area contributed by atoms with Crippen LogP contribution in [0.2, 0.25) is 19.6 Å². The zero-order valence-electron chi connectivity index (χ0n) is 11.9. The summed E-state index contributed by atoms with van der Waals surface area (Å²) >= 11 is 2.24. The maximum Gasteiger partial charge on any atom is -1.00 e. The molecule has 1 unspecified atom stereocenters. The maximum absolute atomic E-state index is 2.48. The first-order chi connectivity index (χ1) is 7.34. The number of hydrogen-bond acceptors (Lipinski definition) is 0. The normalized spacial score (nSPS) is 17.1. The van der Waals surface area contributed by atoms with Crippen LogP contribution in [0.25, 0.3) is 5.57 Å². The predicted octanol–water partition coefficient (Wildman–Crippen LogP) is -5.36. The van der Waals surface area contributed by atoms with Crippen molar-refractivity contribution in [1.29, 1.82) is 0 Å². The molecular formula is C14H19Cl3SiTi. The molecule has 0 heterocycles. The largest absolute Gasteiger partial charge is 1.00 e. The van der Waals surface area contributed by atoms with Crippen LogP contribution in [0.15, 0.2) is 23.8 Å². The number of allylic oxidation sites excluding steroid dienone is 2. The van der Waals surface area contributed by atoms with E-state index in [1.165, 1.54) is 15.0 Å². The third kappa shape index (κ3) is 3.90. The molecule has 0 saturated heterocycles.